The van der Waals surface area contributed by atoms with Crippen LogP contribution < -0.4 is 10.2 Å². The van der Waals surface area contributed by atoms with E-state index in [9.17, 15) is 4.79 Å². The smallest absolute Gasteiger partial charge is 0.256 e. The number of benzene rings is 2. The van der Waals surface area contributed by atoms with Gasteiger partial charge in [0.15, 0.2) is 5.13 Å². The Morgan fingerprint density at radius 1 is 1.19 bits per heavy atom. The molecule has 158 valence electrons. The van der Waals surface area contributed by atoms with Crippen molar-refractivity contribution in [1.29, 1.82) is 0 Å². The molecule has 1 saturated heterocycles. The van der Waals surface area contributed by atoms with Gasteiger partial charge in [-0.05, 0) is 30.3 Å². The second-order valence-electron chi connectivity index (χ2n) is 7.00. The first-order valence-electron chi connectivity index (χ1n) is 9.90. The van der Waals surface area contributed by atoms with Gasteiger partial charge in [0.05, 0.1) is 40.2 Å². The lowest BCUT2D eigenvalue weighted by Crippen LogP contribution is -2.36. The maximum atomic E-state index is 13.0. The zero-order chi connectivity index (χ0) is 21.0. The van der Waals surface area contributed by atoms with Crippen molar-refractivity contribution in [2.24, 2.45) is 0 Å². The van der Waals surface area contributed by atoms with Crippen molar-refractivity contribution in [2.75, 3.05) is 36.5 Å². The lowest BCUT2D eigenvalue weighted by molar-refractivity contribution is 0.102. The average Bonchev–Trinajstić information content (AvgIpc) is 3.48. The van der Waals surface area contributed by atoms with E-state index in [-0.39, 0.29) is 5.91 Å². The molecule has 9 heteroatoms. The molecule has 3 heterocycles. The van der Waals surface area contributed by atoms with Crippen molar-refractivity contribution in [2.45, 2.75) is 10.6 Å². The fourth-order valence-corrected chi connectivity index (χ4v) is 5.99. The van der Waals surface area contributed by atoms with Crippen LogP contribution in [0.15, 0.2) is 58.3 Å². The maximum Gasteiger partial charge on any atom is 0.256 e. The molecule has 0 unspecified atom stereocenters. The van der Waals surface area contributed by atoms with Crippen molar-refractivity contribution in [1.82, 2.24) is 9.97 Å². The van der Waals surface area contributed by atoms with Crippen LogP contribution >= 0.6 is 34.4 Å². The summed E-state index contributed by atoms with van der Waals surface area (Å²) in [7, 11) is 0. The molecular weight excluding hydrogens is 448 g/mol. The van der Waals surface area contributed by atoms with Crippen LogP contribution in [0.5, 0.6) is 0 Å². The number of morpholine rings is 1. The first-order valence-corrected chi connectivity index (χ1v) is 12.6. The Hall–Kier alpha value is -2.46. The molecule has 4 aromatic rings. The molecule has 0 radical (unpaired) electrons. The number of amides is 1. The molecule has 31 heavy (non-hydrogen) atoms. The summed E-state index contributed by atoms with van der Waals surface area (Å²) >= 11 is 4.86. The topological polar surface area (TPSA) is 67.4 Å². The Morgan fingerprint density at radius 2 is 2.06 bits per heavy atom. The summed E-state index contributed by atoms with van der Waals surface area (Å²) in [5, 5.41) is 6.09. The summed E-state index contributed by atoms with van der Waals surface area (Å²) < 4.78 is 6.49. The van der Waals surface area contributed by atoms with Gasteiger partial charge >= 0.3 is 0 Å². The van der Waals surface area contributed by atoms with Crippen LogP contribution in [-0.4, -0.2) is 42.2 Å². The molecule has 0 saturated carbocycles. The van der Waals surface area contributed by atoms with Crippen molar-refractivity contribution in [3.8, 4) is 0 Å². The van der Waals surface area contributed by atoms with Gasteiger partial charge in [-0.25, -0.2) is 9.97 Å². The Kier molecular flexibility index (Phi) is 6.17. The minimum Gasteiger partial charge on any atom is -0.378 e. The largest absolute Gasteiger partial charge is 0.378 e. The number of hydrogen-bond donors (Lipinski definition) is 1. The van der Waals surface area contributed by atoms with E-state index in [1.54, 1.807) is 34.4 Å². The van der Waals surface area contributed by atoms with E-state index in [1.807, 2.05) is 53.4 Å². The quantitative estimate of drug-likeness (QED) is 0.396. The average molecular weight is 469 g/mol. The standard InChI is InChI=1S/C22H20N4O2S3/c27-21(17-3-1-2-4-19(17)30-13-16-12-29-14-23-16)24-15-5-6-18-20(11-15)31-22(25-18)26-7-9-28-10-8-26/h1-6,11-12,14H,7-10,13H2,(H,24,27). The molecule has 1 aliphatic heterocycles. The molecule has 6 nitrogen and oxygen atoms in total. The van der Waals surface area contributed by atoms with Gasteiger partial charge in [-0.1, -0.05) is 23.5 Å². The molecule has 5 rings (SSSR count). The van der Waals surface area contributed by atoms with Crippen molar-refractivity contribution >= 4 is 61.4 Å². The molecule has 2 aromatic heterocycles. The van der Waals surface area contributed by atoms with Crippen LogP contribution in [-0.2, 0) is 10.5 Å². The van der Waals surface area contributed by atoms with E-state index in [0.29, 0.717) is 5.56 Å². The lowest BCUT2D eigenvalue weighted by Gasteiger charge is -2.25. The molecule has 2 aromatic carbocycles. The summed E-state index contributed by atoms with van der Waals surface area (Å²) in [6.07, 6.45) is 0. The van der Waals surface area contributed by atoms with E-state index in [2.05, 4.69) is 15.2 Å². The number of thioether (sulfide) groups is 1. The van der Waals surface area contributed by atoms with Crippen LogP contribution in [0.1, 0.15) is 16.1 Å². The minimum absolute atomic E-state index is 0.112. The maximum absolute atomic E-state index is 13.0. The number of nitrogens with one attached hydrogen (secondary N) is 1. The number of carbonyl (C=O) groups excluding carboxylic acids is 1. The number of anilines is 2. The van der Waals surface area contributed by atoms with Gasteiger partial charge in [0.2, 0.25) is 0 Å². The highest BCUT2D eigenvalue weighted by Gasteiger charge is 2.17. The van der Waals surface area contributed by atoms with Gasteiger partial charge in [0.25, 0.3) is 5.91 Å². The fraction of sp³-hybridized carbons (Fsp3) is 0.227. The third-order valence-electron chi connectivity index (χ3n) is 4.91. The van der Waals surface area contributed by atoms with E-state index in [1.165, 1.54) is 0 Å². The molecular formula is C22H20N4O2S3. The fourth-order valence-electron chi connectivity index (χ4n) is 3.32. The number of ether oxygens (including phenoxy) is 1. The summed E-state index contributed by atoms with van der Waals surface area (Å²) in [6, 6.07) is 13.6. The van der Waals surface area contributed by atoms with E-state index in [0.717, 1.165) is 63.7 Å². The third-order valence-corrected chi connectivity index (χ3v) is 7.73. The highest BCUT2D eigenvalue weighted by Crippen LogP contribution is 2.32. The SMILES string of the molecule is O=C(Nc1ccc2nc(N3CCOCC3)sc2c1)c1ccccc1SCc1cscn1. The zero-order valence-electron chi connectivity index (χ0n) is 16.6. The van der Waals surface area contributed by atoms with Gasteiger partial charge in [-0.3, -0.25) is 4.79 Å². The Balaban J connectivity index is 1.32. The summed E-state index contributed by atoms with van der Waals surface area (Å²) in [5.74, 6) is 0.629. The van der Waals surface area contributed by atoms with Crippen LogP contribution in [0.3, 0.4) is 0 Å². The van der Waals surface area contributed by atoms with Crippen LogP contribution in [0.4, 0.5) is 10.8 Å². The zero-order valence-corrected chi connectivity index (χ0v) is 19.1. The Bertz CT molecular complexity index is 1190. The number of nitrogens with zero attached hydrogens (tertiary/aromatic N) is 3. The van der Waals surface area contributed by atoms with Crippen LogP contribution in [0, 0.1) is 0 Å². The molecule has 1 amide bonds. The minimum atomic E-state index is -0.112. The summed E-state index contributed by atoms with van der Waals surface area (Å²) in [4.78, 5) is 25.3. The van der Waals surface area contributed by atoms with Crippen molar-refractivity contribution in [3.63, 3.8) is 0 Å². The first-order chi connectivity index (χ1) is 15.3. The molecule has 0 atom stereocenters. The van der Waals surface area contributed by atoms with Gasteiger partial charge in [0, 0.05) is 34.8 Å². The normalized spacial score (nSPS) is 14.1. The van der Waals surface area contributed by atoms with Crippen molar-refractivity contribution in [3.05, 3.63) is 64.6 Å². The Morgan fingerprint density at radius 3 is 2.90 bits per heavy atom. The van der Waals surface area contributed by atoms with Gasteiger partial charge in [0.1, 0.15) is 0 Å². The predicted octanol–water partition coefficient (Wildman–Crippen LogP) is 5.13. The number of carbonyl (C=O) groups is 1. The molecule has 1 aliphatic rings. The monoisotopic (exact) mass is 468 g/mol. The third kappa shape index (κ3) is 4.74. The first kappa shape index (κ1) is 20.4. The summed E-state index contributed by atoms with van der Waals surface area (Å²) in [5.41, 5.74) is 5.24. The Labute approximate surface area is 192 Å². The van der Waals surface area contributed by atoms with Crippen molar-refractivity contribution < 1.29 is 9.53 Å². The van der Waals surface area contributed by atoms with Gasteiger partial charge < -0.3 is 15.0 Å². The van der Waals surface area contributed by atoms with Gasteiger partial charge in [-0.15, -0.1) is 23.1 Å². The second-order valence-corrected chi connectivity index (χ2v) is 9.74. The van der Waals surface area contributed by atoms with Crippen LogP contribution in [0.2, 0.25) is 0 Å². The molecule has 1 N–H and O–H groups in total. The summed E-state index contributed by atoms with van der Waals surface area (Å²) in [6.45, 7) is 3.19. The number of thiazole rings is 2. The molecule has 1 fully saturated rings. The van der Waals surface area contributed by atoms with Gasteiger partial charge in [-0.2, -0.15) is 0 Å². The second kappa shape index (κ2) is 9.35. The number of hydrogen-bond acceptors (Lipinski definition) is 8. The molecule has 0 bridgehead atoms. The van der Waals surface area contributed by atoms with E-state index in [4.69, 9.17) is 9.72 Å². The highest BCUT2D eigenvalue weighted by molar-refractivity contribution is 7.98. The highest BCUT2D eigenvalue weighted by atomic mass is 32.2. The van der Waals surface area contributed by atoms with Crippen LogP contribution in [0.25, 0.3) is 10.2 Å². The predicted molar refractivity (Wildman–Crippen MR) is 129 cm³/mol. The van der Waals surface area contributed by atoms with E-state index < -0.39 is 0 Å². The molecule has 0 spiro atoms. The number of rotatable bonds is 6. The molecule has 0 aliphatic carbocycles. The lowest BCUT2D eigenvalue weighted by atomic mass is 10.2. The number of aromatic nitrogens is 2. The van der Waals surface area contributed by atoms with E-state index >= 15 is 0 Å². The number of fused-ring (bicyclic) bond motifs is 1.